The maximum absolute atomic E-state index is 11.8. The third kappa shape index (κ3) is 5.67. The van der Waals surface area contributed by atoms with Gasteiger partial charge in [0.25, 0.3) is 5.91 Å². The molecule has 124 valence electrons. The first-order valence-corrected chi connectivity index (χ1v) is 8.56. The summed E-state index contributed by atoms with van der Waals surface area (Å²) in [6.45, 7) is 4.54. The van der Waals surface area contributed by atoms with Crippen LogP contribution in [0.15, 0.2) is 36.4 Å². The fourth-order valence-corrected chi connectivity index (χ4v) is 3.09. The minimum atomic E-state index is -0.233. The van der Waals surface area contributed by atoms with Crippen LogP contribution in [0.1, 0.15) is 38.7 Å². The number of carbonyl (C=O) groups excluding carboxylic acids is 1. The first-order chi connectivity index (χ1) is 11.1. The van der Waals surface area contributed by atoms with Gasteiger partial charge in [-0.15, -0.1) is 0 Å². The van der Waals surface area contributed by atoms with Gasteiger partial charge in [-0.25, -0.2) is 0 Å². The van der Waals surface area contributed by atoms with Gasteiger partial charge in [0.1, 0.15) is 0 Å². The molecule has 23 heavy (non-hydrogen) atoms. The van der Waals surface area contributed by atoms with Crippen molar-refractivity contribution < 1.29 is 4.79 Å². The Labute approximate surface area is 143 Å². The Balaban J connectivity index is 1.73. The zero-order valence-corrected chi connectivity index (χ0v) is 14.5. The Morgan fingerprint density at radius 3 is 2.65 bits per heavy atom. The molecule has 3 atom stereocenters. The first-order valence-electron chi connectivity index (χ1n) is 8.16. The molecule has 1 aromatic rings. The van der Waals surface area contributed by atoms with Gasteiger partial charge in [0.2, 0.25) is 0 Å². The third-order valence-electron chi connectivity index (χ3n) is 4.55. The second kappa shape index (κ2) is 8.67. The van der Waals surface area contributed by atoms with E-state index >= 15 is 0 Å². The summed E-state index contributed by atoms with van der Waals surface area (Å²) >= 11 is 5.26. The lowest BCUT2D eigenvalue weighted by Crippen LogP contribution is -2.52. The van der Waals surface area contributed by atoms with Crippen LogP contribution in [0.5, 0.6) is 0 Å². The molecule has 1 aliphatic carbocycles. The van der Waals surface area contributed by atoms with Gasteiger partial charge < -0.3 is 5.32 Å². The van der Waals surface area contributed by atoms with E-state index in [2.05, 4.69) is 30.0 Å². The average Bonchev–Trinajstić information content (AvgIpc) is 2.56. The van der Waals surface area contributed by atoms with Crippen LogP contribution in [0.4, 0.5) is 0 Å². The fourth-order valence-electron chi connectivity index (χ4n) is 2.89. The predicted molar refractivity (Wildman–Crippen MR) is 98.5 cm³/mol. The summed E-state index contributed by atoms with van der Waals surface area (Å²) in [5.41, 5.74) is 6.34. The number of hydrogen-bond acceptors (Lipinski definition) is 2. The molecule has 0 aliphatic heterocycles. The number of carbonyl (C=O) groups is 1. The zero-order valence-electron chi connectivity index (χ0n) is 13.7. The van der Waals surface area contributed by atoms with Gasteiger partial charge in [0.05, 0.1) is 0 Å². The predicted octanol–water partition coefficient (Wildman–Crippen LogP) is 3.02. The molecule has 1 aromatic carbocycles. The van der Waals surface area contributed by atoms with Crippen LogP contribution in [0.25, 0.3) is 6.08 Å². The molecule has 0 aromatic heterocycles. The van der Waals surface area contributed by atoms with Crippen LogP contribution in [0.2, 0.25) is 0 Å². The van der Waals surface area contributed by atoms with Gasteiger partial charge >= 0.3 is 0 Å². The third-order valence-corrected chi connectivity index (χ3v) is 4.77. The van der Waals surface area contributed by atoms with E-state index in [9.17, 15) is 4.79 Å². The fraction of sp³-hybridized carbons (Fsp3) is 0.444. The van der Waals surface area contributed by atoms with Gasteiger partial charge in [0, 0.05) is 12.1 Å². The van der Waals surface area contributed by atoms with E-state index in [1.165, 1.54) is 18.9 Å². The summed E-state index contributed by atoms with van der Waals surface area (Å²) < 4.78 is 0. The average molecular weight is 331 g/mol. The van der Waals surface area contributed by atoms with Gasteiger partial charge in [-0.1, -0.05) is 57.0 Å². The molecule has 5 heteroatoms. The topological polar surface area (TPSA) is 53.2 Å². The highest BCUT2D eigenvalue weighted by Gasteiger charge is 2.27. The van der Waals surface area contributed by atoms with Crippen molar-refractivity contribution in [3.63, 3.8) is 0 Å². The molecule has 0 unspecified atom stereocenters. The Morgan fingerprint density at radius 2 is 1.91 bits per heavy atom. The largest absolute Gasteiger partial charge is 0.358 e. The van der Waals surface area contributed by atoms with Crippen molar-refractivity contribution in [2.45, 2.75) is 39.2 Å². The van der Waals surface area contributed by atoms with Crippen molar-refractivity contribution in [2.24, 2.45) is 11.8 Å². The molecule has 3 N–H and O–H groups in total. The molecule has 0 bridgehead atoms. The molecule has 1 saturated carbocycles. The Kier molecular flexibility index (Phi) is 6.59. The van der Waals surface area contributed by atoms with Crippen molar-refractivity contribution in [3.8, 4) is 0 Å². The molecule has 0 spiro atoms. The number of benzene rings is 1. The van der Waals surface area contributed by atoms with Gasteiger partial charge in [-0.3, -0.25) is 15.6 Å². The summed E-state index contributed by atoms with van der Waals surface area (Å²) in [4.78, 5) is 11.8. The van der Waals surface area contributed by atoms with E-state index in [-0.39, 0.29) is 5.91 Å². The zero-order chi connectivity index (χ0) is 16.7. The van der Waals surface area contributed by atoms with Gasteiger partial charge in [-0.2, -0.15) is 0 Å². The van der Waals surface area contributed by atoms with Crippen LogP contribution in [-0.2, 0) is 4.79 Å². The summed E-state index contributed by atoms with van der Waals surface area (Å²) in [5.74, 6) is 1.05. The Hall–Kier alpha value is -1.88. The van der Waals surface area contributed by atoms with Gasteiger partial charge in [0.15, 0.2) is 5.11 Å². The summed E-state index contributed by atoms with van der Waals surface area (Å²) in [5, 5.41) is 3.78. The van der Waals surface area contributed by atoms with Gasteiger partial charge in [-0.05, 0) is 42.1 Å². The number of amides is 1. The molecule has 0 saturated heterocycles. The molecule has 0 radical (unpaired) electrons. The molecular formula is C18H25N3OS. The number of thiocarbonyl (C=S) groups is 1. The molecule has 4 nitrogen and oxygen atoms in total. The van der Waals surface area contributed by atoms with E-state index in [4.69, 9.17) is 12.2 Å². The van der Waals surface area contributed by atoms with Crippen LogP contribution in [0.3, 0.4) is 0 Å². The Morgan fingerprint density at radius 1 is 1.17 bits per heavy atom. The molecule has 2 rings (SSSR count). The van der Waals surface area contributed by atoms with Crippen molar-refractivity contribution in [1.29, 1.82) is 0 Å². The first kappa shape index (κ1) is 17.5. The van der Waals surface area contributed by atoms with Crippen LogP contribution in [0, 0.1) is 11.8 Å². The standard InChI is InChI=1S/C18H25N3OS/c1-13-7-6-10-16(14(13)2)19-18(23)21-20-17(22)12-11-15-8-4-3-5-9-15/h3-5,8-9,11-14,16H,6-7,10H2,1-2H3,(H,20,22)(H2,19,21,23)/b12-11+/t13-,14-,16+/m1/s1. The maximum Gasteiger partial charge on any atom is 0.262 e. The highest BCUT2D eigenvalue weighted by atomic mass is 32.1. The summed E-state index contributed by atoms with van der Waals surface area (Å²) in [6, 6.07) is 10.1. The smallest absolute Gasteiger partial charge is 0.262 e. The number of hydrogen-bond donors (Lipinski definition) is 3. The number of nitrogens with one attached hydrogen (secondary N) is 3. The number of hydrazine groups is 1. The van der Waals surface area contributed by atoms with E-state index in [1.54, 1.807) is 6.08 Å². The monoisotopic (exact) mass is 331 g/mol. The summed E-state index contributed by atoms with van der Waals surface area (Å²) in [7, 11) is 0. The number of rotatable bonds is 3. The maximum atomic E-state index is 11.8. The lowest BCUT2D eigenvalue weighted by Gasteiger charge is -2.35. The molecule has 0 heterocycles. The van der Waals surface area contributed by atoms with Crippen molar-refractivity contribution >= 4 is 29.3 Å². The summed E-state index contributed by atoms with van der Waals surface area (Å²) in [6.07, 6.45) is 6.86. The molecule has 1 amide bonds. The highest BCUT2D eigenvalue weighted by Crippen LogP contribution is 2.29. The van der Waals surface area contributed by atoms with E-state index in [0.29, 0.717) is 23.0 Å². The quantitative estimate of drug-likeness (QED) is 0.453. The van der Waals surface area contributed by atoms with E-state index in [1.807, 2.05) is 30.3 Å². The minimum absolute atomic E-state index is 0.233. The van der Waals surface area contributed by atoms with Crippen LogP contribution >= 0.6 is 12.2 Å². The lowest BCUT2D eigenvalue weighted by molar-refractivity contribution is -0.116. The van der Waals surface area contributed by atoms with Crippen molar-refractivity contribution in [1.82, 2.24) is 16.2 Å². The Bertz CT molecular complexity index is 559. The molecule has 1 aliphatic rings. The van der Waals surface area contributed by atoms with Crippen LogP contribution in [-0.4, -0.2) is 17.1 Å². The lowest BCUT2D eigenvalue weighted by atomic mass is 9.78. The second-order valence-corrected chi connectivity index (χ2v) is 6.61. The second-order valence-electron chi connectivity index (χ2n) is 6.21. The minimum Gasteiger partial charge on any atom is -0.358 e. The SMILES string of the molecule is C[C@@H]1[C@H](C)CCC[C@@H]1NC(=S)NNC(=O)/C=C/c1ccccc1. The van der Waals surface area contributed by atoms with Crippen molar-refractivity contribution in [2.75, 3.05) is 0 Å². The van der Waals surface area contributed by atoms with E-state index < -0.39 is 0 Å². The van der Waals surface area contributed by atoms with Crippen molar-refractivity contribution in [3.05, 3.63) is 42.0 Å². The molecular weight excluding hydrogens is 306 g/mol. The van der Waals surface area contributed by atoms with E-state index in [0.717, 1.165) is 12.0 Å². The van der Waals surface area contributed by atoms with Crippen LogP contribution < -0.4 is 16.2 Å². The molecule has 1 fully saturated rings. The highest BCUT2D eigenvalue weighted by molar-refractivity contribution is 7.80. The normalized spacial score (nSPS) is 24.2.